The summed E-state index contributed by atoms with van der Waals surface area (Å²) in [6, 6.07) is 8.37. The summed E-state index contributed by atoms with van der Waals surface area (Å²) in [4.78, 5) is 10.6. The molecule has 0 bridgehead atoms. The van der Waals surface area contributed by atoms with E-state index in [-0.39, 0.29) is 0 Å². The Hall–Kier alpha value is -1.37. The van der Waals surface area contributed by atoms with Gasteiger partial charge in [0.1, 0.15) is 6.29 Å². The van der Waals surface area contributed by atoms with Crippen LogP contribution in [0.15, 0.2) is 29.8 Å². The quantitative estimate of drug-likeness (QED) is 0.536. The molecule has 15 heavy (non-hydrogen) atoms. The van der Waals surface area contributed by atoms with E-state index in [9.17, 15) is 4.79 Å². The predicted molar refractivity (Wildman–Crippen MR) is 64.9 cm³/mol. The second kappa shape index (κ2) is 5.50. The van der Waals surface area contributed by atoms with Gasteiger partial charge in [-0.15, -0.1) is 0 Å². The summed E-state index contributed by atoms with van der Waals surface area (Å²) < 4.78 is 0. The number of carbonyl (C=O) groups is 1. The van der Waals surface area contributed by atoms with E-state index in [1.165, 1.54) is 5.56 Å². The lowest BCUT2D eigenvalue weighted by atomic mass is 10.0. The topological polar surface area (TPSA) is 17.1 Å². The van der Waals surface area contributed by atoms with E-state index in [4.69, 9.17) is 0 Å². The van der Waals surface area contributed by atoms with Gasteiger partial charge in [-0.1, -0.05) is 45.0 Å². The fourth-order valence-electron chi connectivity index (χ4n) is 1.41. The van der Waals surface area contributed by atoms with Crippen LogP contribution < -0.4 is 0 Å². The van der Waals surface area contributed by atoms with Gasteiger partial charge >= 0.3 is 0 Å². The third-order valence-corrected chi connectivity index (χ3v) is 2.51. The molecule has 0 aliphatic carbocycles. The van der Waals surface area contributed by atoms with Crippen molar-refractivity contribution >= 4 is 12.4 Å². The van der Waals surface area contributed by atoms with E-state index in [1.54, 1.807) is 0 Å². The van der Waals surface area contributed by atoms with Gasteiger partial charge in [0.05, 0.1) is 0 Å². The standard InChI is InChI=1S/C14H18O/c1-4-12(10-15)9-13-5-7-14(8-6-13)11(2)3/h5-11H,4H2,1-3H3. The molecular weight excluding hydrogens is 184 g/mol. The van der Waals surface area contributed by atoms with Crippen LogP contribution in [0.4, 0.5) is 0 Å². The molecular formula is C14H18O. The molecule has 1 heteroatoms. The van der Waals surface area contributed by atoms with E-state index in [1.807, 2.05) is 13.0 Å². The number of rotatable bonds is 4. The third-order valence-electron chi connectivity index (χ3n) is 2.51. The monoisotopic (exact) mass is 202 g/mol. The molecule has 0 aliphatic heterocycles. The van der Waals surface area contributed by atoms with Gasteiger partial charge < -0.3 is 0 Å². The van der Waals surface area contributed by atoms with Crippen LogP contribution >= 0.6 is 0 Å². The second-order valence-electron chi connectivity index (χ2n) is 4.01. The highest BCUT2D eigenvalue weighted by atomic mass is 16.1. The highest BCUT2D eigenvalue weighted by molar-refractivity contribution is 5.81. The van der Waals surface area contributed by atoms with E-state index >= 15 is 0 Å². The van der Waals surface area contributed by atoms with Crippen molar-refractivity contribution in [1.82, 2.24) is 0 Å². The molecule has 0 spiro atoms. The zero-order chi connectivity index (χ0) is 11.3. The lowest BCUT2D eigenvalue weighted by molar-refractivity contribution is -0.104. The Morgan fingerprint density at radius 2 is 1.87 bits per heavy atom. The largest absolute Gasteiger partial charge is 0.298 e. The van der Waals surface area contributed by atoms with Gasteiger partial charge in [-0.05, 0) is 35.1 Å². The smallest absolute Gasteiger partial charge is 0.146 e. The van der Waals surface area contributed by atoms with Crippen LogP contribution in [0, 0.1) is 0 Å². The Morgan fingerprint density at radius 1 is 1.27 bits per heavy atom. The normalized spacial score (nSPS) is 11.9. The molecule has 1 aromatic rings. The Bertz CT molecular complexity index is 344. The zero-order valence-corrected chi connectivity index (χ0v) is 9.66. The zero-order valence-electron chi connectivity index (χ0n) is 9.66. The Balaban J connectivity index is 2.89. The lowest BCUT2D eigenvalue weighted by Crippen LogP contribution is -1.87. The van der Waals surface area contributed by atoms with Gasteiger partial charge in [-0.25, -0.2) is 0 Å². The van der Waals surface area contributed by atoms with E-state index in [0.717, 1.165) is 23.8 Å². The minimum absolute atomic E-state index is 0.555. The van der Waals surface area contributed by atoms with Crippen molar-refractivity contribution in [3.05, 3.63) is 41.0 Å². The molecule has 0 heterocycles. The molecule has 0 atom stereocenters. The molecule has 0 saturated carbocycles. The average molecular weight is 202 g/mol. The minimum atomic E-state index is 0.555. The van der Waals surface area contributed by atoms with Crippen LogP contribution in [0.2, 0.25) is 0 Å². The van der Waals surface area contributed by atoms with Crippen molar-refractivity contribution in [3.63, 3.8) is 0 Å². The fourth-order valence-corrected chi connectivity index (χ4v) is 1.41. The summed E-state index contributed by atoms with van der Waals surface area (Å²) >= 11 is 0. The van der Waals surface area contributed by atoms with Gasteiger partial charge in [0, 0.05) is 0 Å². The van der Waals surface area contributed by atoms with E-state index in [2.05, 4.69) is 38.1 Å². The van der Waals surface area contributed by atoms with Crippen molar-refractivity contribution in [3.8, 4) is 0 Å². The summed E-state index contributed by atoms with van der Waals surface area (Å²) in [5, 5.41) is 0. The number of benzene rings is 1. The molecule has 0 unspecified atom stereocenters. The van der Waals surface area contributed by atoms with Crippen molar-refractivity contribution < 1.29 is 4.79 Å². The predicted octanol–water partition coefficient (Wildman–Crippen LogP) is 3.80. The number of aldehydes is 1. The van der Waals surface area contributed by atoms with Crippen molar-refractivity contribution in [2.75, 3.05) is 0 Å². The fraction of sp³-hybridized carbons (Fsp3) is 0.357. The van der Waals surface area contributed by atoms with Crippen LogP contribution in [-0.4, -0.2) is 6.29 Å². The summed E-state index contributed by atoms with van der Waals surface area (Å²) in [7, 11) is 0. The van der Waals surface area contributed by atoms with Crippen molar-refractivity contribution in [1.29, 1.82) is 0 Å². The molecule has 1 aromatic carbocycles. The Labute approximate surface area is 91.8 Å². The van der Waals surface area contributed by atoms with Gasteiger partial charge in [-0.3, -0.25) is 4.79 Å². The number of hydrogen-bond acceptors (Lipinski definition) is 1. The van der Waals surface area contributed by atoms with Crippen molar-refractivity contribution in [2.45, 2.75) is 33.1 Å². The summed E-state index contributed by atoms with van der Waals surface area (Å²) in [5.41, 5.74) is 3.27. The molecule has 1 nitrogen and oxygen atoms in total. The van der Waals surface area contributed by atoms with Crippen LogP contribution in [0.25, 0.3) is 6.08 Å². The lowest BCUT2D eigenvalue weighted by Gasteiger charge is -2.05. The van der Waals surface area contributed by atoms with Crippen LogP contribution in [0.5, 0.6) is 0 Å². The first-order chi connectivity index (χ1) is 7.17. The first-order valence-corrected chi connectivity index (χ1v) is 5.43. The molecule has 0 fully saturated rings. The summed E-state index contributed by atoms with van der Waals surface area (Å²) in [6.45, 7) is 6.34. The molecule has 0 aliphatic rings. The number of allylic oxidation sites excluding steroid dienone is 1. The highest BCUT2D eigenvalue weighted by Crippen LogP contribution is 2.16. The number of hydrogen-bond donors (Lipinski definition) is 0. The average Bonchev–Trinajstić information content (AvgIpc) is 2.26. The summed E-state index contributed by atoms with van der Waals surface area (Å²) in [5.74, 6) is 0.555. The Kier molecular flexibility index (Phi) is 4.29. The van der Waals surface area contributed by atoms with Gasteiger partial charge in [0.15, 0.2) is 0 Å². The molecule has 0 radical (unpaired) electrons. The molecule has 0 saturated heterocycles. The third kappa shape index (κ3) is 3.35. The van der Waals surface area contributed by atoms with Gasteiger partial charge in [0.25, 0.3) is 0 Å². The van der Waals surface area contributed by atoms with Gasteiger partial charge in [-0.2, -0.15) is 0 Å². The highest BCUT2D eigenvalue weighted by Gasteiger charge is 1.98. The SMILES string of the molecule is CCC(C=O)=Cc1ccc(C(C)C)cc1. The molecule has 1 rings (SSSR count). The Morgan fingerprint density at radius 3 is 2.27 bits per heavy atom. The first-order valence-electron chi connectivity index (χ1n) is 5.43. The number of carbonyl (C=O) groups excluding carboxylic acids is 1. The maximum Gasteiger partial charge on any atom is 0.146 e. The van der Waals surface area contributed by atoms with Crippen molar-refractivity contribution in [2.24, 2.45) is 0 Å². The van der Waals surface area contributed by atoms with Crippen LogP contribution in [0.3, 0.4) is 0 Å². The van der Waals surface area contributed by atoms with E-state index < -0.39 is 0 Å². The second-order valence-corrected chi connectivity index (χ2v) is 4.01. The maximum absolute atomic E-state index is 10.6. The van der Waals surface area contributed by atoms with Crippen LogP contribution in [-0.2, 0) is 4.79 Å². The summed E-state index contributed by atoms with van der Waals surface area (Å²) in [6.07, 6.45) is 3.66. The molecule has 80 valence electrons. The first kappa shape index (κ1) is 11.7. The van der Waals surface area contributed by atoms with E-state index in [0.29, 0.717) is 5.92 Å². The van der Waals surface area contributed by atoms with Gasteiger partial charge in [0.2, 0.25) is 0 Å². The van der Waals surface area contributed by atoms with Crippen LogP contribution in [0.1, 0.15) is 44.2 Å². The molecule has 0 aromatic heterocycles. The minimum Gasteiger partial charge on any atom is -0.298 e. The maximum atomic E-state index is 10.6. The molecule has 0 N–H and O–H groups in total. The molecule has 0 amide bonds.